The summed E-state index contributed by atoms with van der Waals surface area (Å²) in [7, 11) is 0. The number of piperidine rings is 1. The molecule has 2 heterocycles. The molecule has 0 spiro atoms. The third-order valence-electron chi connectivity index (χ3n) is 5.07. The van der Waals surface area contributed by atoms with Crippen LogP contribution in [0.4, 0.5) is 5.69 Å². The van der Waals surface area contributed by atoms with E-state index in [1.165, 1.54) is 11.8 Å². The predicted octanol–water partition coefficient (Wildman–Crippen LogP) is 4.26. The average Bonchev–Trinajstić information content (AvgIpc) is 3.18. The number of anilines is 1. The number of oxazole rings is 1. The van der Waals surface area contributed by atoms with Gasteiger partial charge in [0, 0.05) is 10.8 Å². The fraction of sp³-hybridized carbons (Fsp3) is 0.318. The van der Waals surface area contributed by atoms with Gasteiger partial charge in [0.05, 0.1) is 24.1 Å². The number of rotatable bonds is 6. The largest absolute Gasteiger partial charge is 0.440 e. The van der Waals surface area contributed by atoms with Crippen LogP contribution in [-0.2, 0) is 4.79 Å². The van der Waals surface area contributed by atoms with Crippen molar-refractivity contribution in [2.24, 2.45) is 0 Å². The van der Waals surface area contributed by atoms with E-state index >= 15 is 0 Å². The Hall–Kier alpha value is -2.82. The molecule has 0 saturated carbocycles. The lowest BCUT2D eigenvalue weighted by Gasteiger charge is -2.30. The molecule has 0 aliphatic carbocycles. The Kier molecular flexibility index (Phi) is 6.13. The number of nitrogens with one attached hydrogen (secondary N) is 1. The summed E-state index contributed by atoms with van der Waals surface area (Å²) in [5.74, 6) is 1.43. The second-order valence-corrected chi connectivity index (χ2v) is 8.08. The number of hydrogen-bond acceptors (Lipinski definition) is 6. The minimum absolute atomic E-state index is 0.0321. The molecule has 148 valence electrons. The molecular formula is C22H22N4O2S. The zero-order chi connectivity index (χ0) is 20.1. The highest BCUT2D eigenvalue weighted by Crippen LogP contribution is 2.30. The number of para-hydroxylation sites is 3. The molecule has 1 aliphatic heterocycles. The van der Waals surface area contributed by atoms with Crippen LogP contribution in [0.5, 0.6) is 0 Å². The molecule has 29 heavy (non-hydrogen) atoms. The van der Waals surface area contributed by atoms with E-state index in [0.717, 1.165) is 53.5 Å². The number of nitriles is 1. The standard InChI is InChI=1S/C22H22N4O2S/c23-11-14-29-20-8-4-2-6-18(20)24-21(27)15-26-12-9-16(10-13-26)22-25-17-5-1-3-7-19(17)28-22/h1-8,16H,9-10,12-15H2,(H,24,27). The van der Waals surface area contributed by atoms with Crippen molar-refractivity contribution in [3.05, 3.63) is 54.4 Å². The summed E-state index contributed by atoms with van der Waals surface area (Å²) in [5.41, 5.74) is 2.49. The fourth-order valence-corrected chi connectivity index (χ4v) is 4.27. The summed E-state index contributed by atoms with van der Waals surface area (Å²) in [6, 6.07) is 17.5. The van der Waals surface area contributed by atoms with Crippen molar-refractivity contribution in [3.8, 4) is 6.07 Å². The highest BCUT2D eigenvalue weighted by atomic mass is 32.2. The average molecular weight is 407 g/mol. The first kappa shape index (κ1) is 19.5. The number of nitrogens with zero attached hydrogens (tertiary/aromatic N) is 3. The van der Waals surface area contributed by atoms with Gasteiger partial charge in [-0.1, -0.05) is 24.3 Å². The summed E-state index contributed by atoms with van der Waals surface area (Å²) >= 11 is 1.43. The van der Waals surface area contributed by atoms with Gasteiger partial charge in [0.25, 0.3) is 0 Å². The van der Waals surface area contributed by atoms with Crippen LogP contribution in [0, 0.1) is 11.3 Å². The third kappa shape index (κ3) is 4.78. The van der Waals surface area contributed by atoms with Crippen molar-refractivity contribution >= 4 is 34.5 Å². The minimum atomic E-state index is -0.0321. The molecule has 2 aromatic carbocycles. The maximum absolute atomic E-state index is 12.5. The number of hydrogen-bond donors (Lipinski definition) is 1. The van der Waals surface area contributed by atoms with E-state index in [0.29, 0.717) is 18.2 Å². The Balaban J connectivity index is 1.30. The SMILES string of the molecule is N#CCSc1ccccc1NC(=O)CN1CCC(c2nc3ccccc3o2)CC1. The molecule has 4 rings (SSSR count). The highest BCUT2D eigenvalue weighted by Gasteiger charge is 2.25. The lowest BCUT2D eigenvalue weighted by Crippen LogP contribution is -2.38. The molecule has 0 radical (unpaired) electrons. The lowest BCUT2D eigenvalue weighted by atomic mass is 9.97. The molecule has 1 saturated heterocycles. The first-order valence-corrected chi connectivity index (χ1v) is 10.7. The van der Waals surface area contributed by atoms with E-state index in [9.17, 15) is 4.79 Å². The van der Waals surface area contributed by atoms with Gasteiger partial charge in [-0.3, -0.25) is 9.69 Å². The van der Waals surface area contributed by atoms with Crippen LogP contribution in [0.15, 0.2) is 57.8 Å². The molecule has 1 amide bonds. The second-order valence-electron chi connectivity index (χ2n) is 7.06. The Morgan fingerprint density at radius 2 is 1.97 bits per heavy atom. The summed E-state index contributed by atoms with van der Waals surface area (Å²) in [5, 5.41) is 11.8. The van der Waals surface area contributed by atoms with Crippen molar-refractivity contribution in [2.45, 2.75) is 23.7 Å². The summed E-state index contributed by atoms with van der Waals surface area (Å²) in [6.45, 7) is 2.03. The van der Waals surface area contributed by atoms with Crippen molar-refractivity contribution in [1.82, 2.24) is 9.88 Å². The number of fused-ring (bicyclic) bond motifs is 1. The fourth-order valence-electron chi connectivity index (χ4n) is 3.60. The number of thioether (sulfide) groups is 1. The minimum Gasteiger partial charge on any atom is -0.440 e. The Morgan fingerprint density at radius 3 is 2.76 bits per heavy atom. The van der Waals surface area contributed by atoms with Crippen LogP contribution < -0.4 is 5.32 Å². The number of carbonyl (C=O) groups excluding carboxylic acids is 1. The van der Waals surface area contributed by atoms with Crippen molar-refractivity contribution < 1.29 is 9.21 Å². The van der Waals surface area contributed by atoms with E-state index in [4.69, 9.17) is 9.68 Å². The van der Waals surface area contributed by atoms with Gasteiger partial charge < -0.3 is 9.73 Å². The first-order chi connectivity index (χ1) is 14.2. The summed E-state index contributed by atoms with van der Waals surface area (Å²) in [4.78, 5) is 20.2. The van der Waals surface area contributed by atoms with E-state index < -0.39 is 0 Å². The quantitative estimate of drug-likeness (QED) is 0.616. The monoisotopic (exact) mass is 406 g/mol. The third-order valence-corrected chi connectivity index (χ3v) is 6.01. The Labute approximate surface area is 173 Å². The van der Waals surface area contributed by atoms with Gasteiger partial charge in [-0.2, -0.15) is 5.26 Å². The summed E-state index contributed by atoms with van der Waals surface area (Å²) < 4.78 is 5.91. The highest BCUT2D eigenvalue weighted by molar-refractivity contribution is 7.99. The zero-order valence-corrected chi connectivity index (χ0v) is 16.8. The number of carbonyl (C=O) groups is 1. The smallest absolute Gasteiger partial charge is 0.238 e. The van der Waals surface area contributed by atoms with Crippen LogP contribution in [0.2, 0.25) is 0 Å². The molecule has 7 heteroatoms. The normalized spacial score (nSPS) is 15.3. The topological polar surface area (TPSA) is 82.2 Å². The van der Waals surface area contributed by atoms with Crippen molar-refractivity contribution in [2.75, 3.05) is 30.7 Å². The Bertz CT molecular complexity index is 1000. The molecule has 1 aromatic heterocycles. The predicted molar refractivity (Wildman–Crippen MR) is 114 cm³/mol. The zero-order valence-electron chi connectivity index (χ0n) is 16.0. The molecule has 0 unspecified atom stereocenters. The molecule has 3 aromatic rings. The second kappa shape index (κ2) is 9.12. The van der Waals surface area contributed by atoms with E-state index in [-0.39, 0.29) is 5.91 Å². The van der Waals surface area contributed by atoms with Crippen LogP contribution in [-0.4, -0.2) is 41.2 Å². The summed E-state index contributed by atoms with van der Waals surface area (Å²) in [6.07, 6.45) is 1.85. The van der Waals surface area contributed by atoms with Crippen LogP contribution in [0.1, 0.15) is 24.7 Å². The molecule has 1 fully saturated rings. The van der Waals surface area contributed by atoms with Gasteiger partial charge in [-0.25, -0.2) is 4.98 Å². The van der Waals surface area contributed by atoms with Gasteiger partial charge in [0.2, 0.25) is 5.91 Å². The molecule has 1 N–H and O–H groups in total. The van der Waals surface area contributed by atoms with E-state index in [1.54, 1.807) is 0 Å². The molecule has 0 atom stereocenters. The number of benzene rings is 2. The van der Waals surface area contributed by atoms with Crippen LogP contribution in [0.3, 0.4) is 0 Å². The molecular weight excluding hydrogens is 384 g/mol. The molecule has 1 aliphatic rings. The van der Waals surface area contributed by atoms with Crippen LogP contribution in [0.25, 0.3) is 11.1 Å². The maximum Gasteiger partial charge on any atom is 0.238 e. The first-order valence-electron chi connectivity index (χ1n) is 9.69. The molecule has 0 bridgehead atoms. The number of likely N-dealkylation sites (tertiary alicyclic amines) is 1. The van der Waals surface area contributed by atoms with Gasteiger partial charge in [0.15, 0.2) is 11.5 Å². The molecule has 6 nitrogen and oxygen atoms in total. The number of amides is 1. The number of aromatic nitrogens is 1. The van der Waals surface area contributed by atoms with Gasteiger partial charge in [-0.05, 0) is 50.2 Å². The lowest BCUT2D eigenvalue weighted by molar-refractivity contribution is -0.117. The van der Waals surface area contributed by atoms with E-state index in [2.05, 4.69) is 21.3 Å². The van der Waals surface area contributed by atoms with Gasteiger partial charge in [0.1, 0.15) is 5.52 Å². The van der Waals surface area contributed by atoms with Gasteiger partial charge >= 0.3 is 0 Å². The van der Waals surface area contributed by atoms with E-state index in [1.807, 2.05) is 48.5 Å². The Morgan fingerprint density at radius 1 is 1.21 bits per heavy atom. The maximum atomic E-state index is 12.5. The van der Waals surface area contributed by atoms with Crippen molar-refractivity contribution in [1.29, 1.82) is 5.26 Å². The van der Waals surface area contributed by atoms with Crippen LogP contribution >= 0.6 is 11.8 Å². The van der Waals surface area contributed by atoms with Crippen molar-refractivity contribution in [3.63, 3.8) is 0 Å². The van der Waals surface area contributed by atoms with Gasteiger partial charge in [-0.15, -0.1) is 11.8 Å².